The molecule has 0 spiro atoms. The van der Waals surface area contributed by atoms with Crippen LogP contribution < -0.4 is 11.5 Å². The summed E-state index contributed by atoms with van der Waals surface area (Å²) in [4.78, 5) is 13.7. The number of benzene rings is 1. The average molecular weight is 235 g/mol. The van der Waals surface area contributed by atoms with Gasteiger partial charge in [0.05, 0.1) is 0 Å². The molecule has 94 valence electrons. The van der Waals surface area contributed by atoms with Crippen molar-refractivity contribution in [2.45, 2.75) is 18.9 Å². The first kappa shape index (κ1) is 13.7. The van der Waals surface area contributed by atoms with Crippen LogP contribution in [0.3, 0.4) is 0 Å². The molecule has 0 bridgehead atoms. The lowest BCUT2D eigenvalue weighted by Crippen LogP contribution is -2.55. The molecular weight excluding hydrogens is 214 g/mol. The summed E-state index contributed by atoms with van der Waals surface area (Å²) in [6.45, 7) is 3.40. The maximum Gasteiger partial charge on any atom is 0.243 e. The molecular formula is C13H21N3O. The molecule has 0 aliphatic heterocycles. The van der Waals surface area contributed by atoms with Gasteiger partial charge in [-0.1, -0.05) is 37.3 Å². The van der Waals surface area contributed by atoms with Crippen LogP contribution in [0, 0.1) is 0 Å². The van der Waals surface area contributed by atoms with Gasteiger partial charge in [0.25, 0.3) is 0 Å². The molecule has 0 aliphatic rings. The van der Waals surface area contributed by atoms with Crippen LogP contribution >= 0.6 is 0 Å². The number of amides is 1. The van der Waals surface area contributed by atoms with Crippen LogP contribution in [0.15, 0.2) is 30.3 Å². The fourth-order valence-corrected chi connectivity index (χ4v) is 1.93. The Morgan fingerprint density at radius 3 is 2.41 bits per heavy atom. The Kier molecular flexibility index (Phi) is 4.66. The highest BCUT2D eigenvalue weighted by molar-refractivity contribution is 5.86. The number of hydrogen-bond acceptors (Lipinski definition) is 3. The molecule has 1 unspecified atom stereocenters. The summed E-state index contributed by atoms with van der Waals surface area (Å²) < 4.78 is 0. The van der Waals surface area contributed by atoms with Gasteiger partial charge in [0.2, 0.25) is 5.91 Å². The SMILES string of the molecule is CCCN(C)CC(N)(C(N)=O)c1ccccc1. The molecule has 4 heteroatoms. The zero-order valence-corrected chi connectivity index (χ0v) is 10.5. The lowest BCUT2D eigenvalue weighted by molar-refractivity contribution is -0.124. The zero-order valence-electron chi connectivity index (χ0n) is 10.5. The summed E-state index contributed by atoms with van der Waals surface area (Å²) in [5, 5.41) is 0. The van der Waals surface area contributed by atoms with Crippen LogP contribution in [0.1, 0.15) is 18.9 Å². The molecule has 1 aromatic carbocycles. The second-order valence-corrected chi connectivity index (χ2v) is 4.44. The monoisotopic (exact) mass is 235 g/mol. The lowest BCUT2D eigenvalue weighted by Gasteiger charge is -2.31. The number of hydrogen-bond donors (Lipinski definition) is 2. The van der Waals surface area contributed by atoms with E-state index >= 15 is 0 Å². The molecule has 0 aromatic heterocycles. The predicted molar refractivity (Wildman–Crippen MR) is 69.3 cm³/mol. The summed E-state index contributed by atoms with van der Waals surface area (Å²) in [6.07, 6.45) is 1.01. The smallest absolute Gasteiger partial charge is 0.243 e. The van der Waals surface area contributed by atoms with Gasteiger partial charge in [-0.15, -0.1) is 0 Å². The third-order valence-electron chi connectivity index (χ3n) is 2.85. The molecule has 4 nitrogen and oxygen atoms in total. The fraction of sp³-hybridized carbons (Fsp3) is 0.462. The van der Waals surface area contributed by atoms with E-state index in [0.29, 0.717) is 6.54 Å². The van der Waals surface area contributed by atoms with Crippen molar-refractivity contribution in [3.63, 3.8) is 0 Å². The van der Waals surface area contributed by atoms with Crippen molar-refractivity contribution >= 4 is 5.91 Å². The van der Waals surface area contributed by atoms with Crippen molar-refractivity contribution in [2.24, 2.45) is 11.5 Å². The highest BCUT2D eigenvalue weighted by atomic mass is 16.1. The van der Waals surface area contributed by atoms with E-state index in [-0.39, 0.29) is 0 Å². The second-order valence-electron chi connectivity index (χ2n) is 4.44. The van der Waals surface area contributed by atoms with Crippen molar-refractivity contribution in [1.82, 2.24) is 4.90 Å². The number of likely N-dealkylation sites (N-methyl/N-ethyl adjacent to an activating group) is 1. The Hall–Kier alpha value is -1.39. The van der Waals surface area contributed by atoms with E-state index in [2.05, 4.69) is 6.92 Å². The standard InChI is InChI=1S/C13H21N3O/c1-3-9-16(2)10-13(15,12(14)17)11-7-5-4-6-8-11/h4-8H,3,9-10,15H2,1-2H3,(H2,14,17). The quantitative estimate of drug-likeness (QED) is 0.761. The van der Waals surface area contributed by atoms with Crippen molar-refractivity contribution in [3.8, 4) is 0 Å². The summed E-state index contributed by atoms with van der Waals surface area (Å²) in [7, 11) is 1.94. The number of carbonyl (C=O) groups excluding carboxylic acids is 1. The highest BCUT2D eigenvalue weighted by Gasteiger charge is 2.34. The van der Waals surface area contributed by atoms with Crippen LogP contribution in [0.5, 0.6) is 0 Å². The van der Waals surface area contributed by atoms with Crippen molar-refractivity contribution in [3.05, 3.63) is 35.9 Å². The van der Waals surface area contributed by atoms with Crippen molar-refractivity contribution in [2.75, 3.05) is 20.1 Å². The van der Waals surface area contributed by atoms with E-state index in [0.717, 1.165) is 18.5 Å². The van der Waals surface area contributed by atoms with E-state index in [1.165, 1.54) is 0 Å². The Morgan fingerprint density at radius 2 is 1.94 bits per heavy atom. The van der Waals surface area contributed by atoms with E-state index in [1.807, 2.05) is 42.3 Å². The number of nitrogens with two attached hydrogens (primary N) is 2. The zero-order chi connectivity index (χ0) is 12.9. The van der Waals surface area contributed by atoms with Gasteiger partial charge in [-0.05, 0) is 25.6 Å². The van der Waals surface area contributed by atoms with Crippen molar-refractivity contribution < 1.29 is 4.79 Å². The number of nitrogens with zero attached hydrogens (tertiary/aromatic N) is 1. The van der Waals surface area contributed by atoms with Crippen LogP contribution in [0.4, 0.5) is 0 Å². The van der Waals surface area contributed by atoms with Gasteiger partial charge >= 0.3 is 0 Å². The molecule has 0 heterocycles. The third kappa shape index (κ3) is 3.28. The number of carbonyl (C=O) groups is 1. The van der Waals surface area contributed by atoms with Gasteiger partial charge in [-0.25, -0.2) is 0 Å². The Bertz CT molecular complexity index is 366. The normalized spacial score (nSPS) is 14.6. The summed E-state index contributed by atoms with van der Waals surface area (Å²) in [5.41, 5.74) is 11.3. The molecule has 1 atom stereocenters. The Balaban J connectivity index is 2.94. The topological polar surface area (TPSA) is 72.3 Å². The Labute approximate surface area is 103 Å². The maximum absolute atomic E-state index is 11.6. The van der Waals surface area contributed by atoms with E-state index in [4.69, 9.17) is 11.5 Å². The van der Waals surface area contributed by atoms with E-state index in [1.54, 1.807) is 0 Å². The van der Waals surface area contributed by atoms with Crippen LogP contribution in [-0.4, -0.2) is 30.9 Å². The molecule has 1 aromatic rings. The number of primary amides is 1. The highest BCUT2D eigenvalue weighted by Crippen LogP contribution is 2.18. The van der Waals surface area contributed by atoms with E-state index in [9.17, 15) is 4.79 Å². The van der Waals surface area contributed by atoms with Gasteiger partial charge in [0.15, 0.2) is 0 Å². The first-order valence-electron chi connectivity index (χ1n) is 5.83. The molecule has 0 saturated heterocycles. The lowest BCUT2D eigenvalue weighted by atomic mass is 9.89. The molecule has 17 heavy (non-hydrogen) atoms. The summed E-state index contributed by atoms with van der Waals surface area (Å²) in [5.74, 6) is -0.494. The molecule has 0 fully saturated rings. The third-order valence-corrected chi connectivity index (χ3v) is 2.85. The second kappa shape index (κ2) is 5.80. The number of rotatable bonds is 6. The average Bonchev–Trinajstić information content (AvgIpc) is 2.30. The minimum absolute atomic E-state index is 0.431. The van der Waals surface area contributed by atoms with Crippen molar-refractivity contribution in [1.29, 1.82) is 0 Å². The van der Waals surface area contributed by atoms with E-state index < -0.39 is 11.4 Å². The predicted octanol–water partition coefficient (Wildman–Crippen LogP) is 0.668. The van der Waals surface area contributed by atoms with Gasteiger partial charge in [-0.3, -0.25) is 4.79 Å². The van der Waals surface area contributed by atoms with Gasteiger partial charge < -0.3 is 16.4 Å². The largest absolute Gasteiger partial charge is 0.368 e. The molecule has 4 N–H and O–H groups in total. The summed E-state index contributed by atoms with van der Waals surface area (Å²) >= 11 is 0. The van der Waals surface area contributed by atoms with Gasteiger partial charge in [-0.2, -0.15) is 0 Å². The maximum atomic E-state index is 11.6. The molecule has 1 amide bonds. The van der Waals surface area contributed by atoms with Gasteiger partial charge in [0.1, 0.15) is 5.54 Å². The Morgan fingerprint density at radius 1 is 1.35 bits per heavy atom. The van der Waals surface area contributed by atoms with Crippen LogP contribution in [-0.2, 0) is 10.3 Å². The minimum atomic E-state index is -1.12. The first-order valence-corrected chi connectivity index (χ1v) is 5.83. The van der Waals surface area contributed by atoms with Crippen LogP contribution in [0.2, 0.25) is 0 Å². The molecule has 0 radical (unpaired) electrons. The summed E-state index contributed by atoms with van der Waals surface area (Å²) in [6, 6.07) is 9.29. The first-order chi connectivity index (χ1) is 8.00. The van der Waals surface area contributed by atoms with Gasteiger partial charge in [0, 0.05) is 6.54 Å². The molecule has 0 saturated carbocycles. The van der Waals surface area contributed by atoms with Crippen LogP contribution in [0.25, 0.3) is 0 Å². The minimum Gasteiger partial charge on any atom is -0.368 e. The molecule has 1 rings (SSSR count). The fourth-order valence-electron chi connectivity index (χ4n) is 1.93. The molecule has 0 aliphatic carbocycles.